The summed E-state index contributed by atoms with van der Waals surface area (Å²) < 4.78 is 5.06. The summed E-state index contributed by atoms with van der Waals surface area (Å²) in [5.41, 5.74) is 7.38. The molecule has 2 aliphatic carbocycles. The molecule has 3 fully saturated rings. The Hall–Kier alpha value is -2.41. The third-order valence-electron chi connectivity index (χ3n) is 9.11. The van der Waals surface area contributed by atoms with Gasteiger partial charge in [0.25, 0.3) is 0 Å². The molecule has 0 spiro atoms. The lowest BCUT2D eigenvalue weighted by Gasteiger charge is -2.37. The third kappa shape index (κ3) is 6.54. The standard InChI is InChI=1S/C30H45N3O4/c1-3-26(31)21-10-12-22(13-11-21)29(35)33-19-18-25(20-8-6-5-7-9-20)27(33)28(34)32-24-16-14-23(15-17-24)30(36)37-4-2/h14-17,20-22,25-27H,3-13,18-19,31H2,1-2H3,(H,32,34)/t21-,22-,25-,26?,27-/m0/s1. The van der Waals surface area contributed by atoms with Gasteiger partial charge in [-0.2, -0.15) is 0 Å². The molecule has 0 radical (unpaired) electrons. The molecular formula is C30H45N3O4. The second kappa shape index (κ2) is 12.9. The highest BCUT2D eigenvalue weighted by Crippen LogP contribution is 2.41. The van der Waals surface area contributed by atoms with Gasteiger partial charge in [0, 0.05) is 24.2 Å². The highest BCUT2D eigenvalue weighted by atomic mass is 16.5. The molecule has 7 nitrogen and oxygen atoms in total. The predicted octanol–water partition coefficient (Wildman–Crippen LogP) is 5.14. The molecule has 37 heavy (non-hydrogen) atoms. The summed E-state index contributed by atoms with van der Waals surface area (Å²) in [6, 6.07) is 6.59. The van der Waals surface area contributed by atoms with Gasteiger partial charge >= 0.3 is 5.97 Å². The molecule has 1 saturated heterocycles. The zero-order valence-electron chi connectivity index (χ0n) is 22.6. The molecule has 1 aromatic carbocycles. The zero-order chi connectivity index (χ0) is 26.4. The van der Waals surface area contributed by atoms with E-state index in [9.17, 15) is 14.4 Å². The number of likely N-dealkylation sites (tertiary alicyclic amines) is 1. The van der Waals surface area contributed by atoms with Gasteiger partial charge in [-0.3, -0.25) is 9.59 Å². The summed E-state index contributed by atoms with van der Waals surface area (Å²) in [4.78, 5) is 41.4. The van der Waals surface area contributed by atoms with Gasteiger partial charge in [-0.1, -0.05) is 39.0 Å². The van der Waals surface area contributed by atoms with E-state index in [1.165, 1.54) is 19.3 Å². The van der Waals surface area contributed by atoms with Gasteiger partial charge in [-0.25, -0.2) is 4.79 Å². The van der Waals surface area contributed by atoms with Gasteiger partial charge in [0.2, 0.25) is 11.8 Å². The van der Waals surface area contributed by atoms with Gasteiger partial charge < -0.3 is 20.7 Å². The van der Waals surface area contributed by atoms with Crippen LogP contribution in [0.1, 0.15) is 94.8 Å². The Kier molecular flexibility index (Phi) is 9.63. The molecule has 1 aromatic rings. The number of hydrogen-bond donors (Lipinski definition) is 2. The maximum Gasteiger partial charge on any atom is 0.338 e. The average Bonchev–Trinajstić information content (AvgIpc) is 3.39. The lowest BCUT2D eigenvalue weighted by atomic mass is 9.76. The Morgan fingerprint density at radius 2 is 1.65 bits per heavy atom. The van der Waals surface area contributed by atoms with Crippen LogP contribution in [0.15, 0.2) is 24.3 Å². The normalized spacial score (nSPS) is 27.5. The number of carbonyl (C=O) groups excluding carboxylic acids is 3. The van der Waals surface area contributed by atoms with Crippen LogP contribution in [-0.2, 0) is 14.3 Å². The van der Waals surface area contributed by atoms with Crippen LogP contribution in [0.3, 0.4) is 0 Å². The second-order valence-corrected chi connectivity index (χ2v) is 11.3. The van der Waals surface area contributed by atoms with Crippen LogP contribution in [0.5, 0.6) is 0 Å². The molecule has 3 N–H and O–H groups in total. The average molecular weight is 512 g/mol. The third-order valence-corrected chi connectivity index (χ3v) is 9.11. The van der Waals surface area contributed by atoms with Crippen LogP contribution >= 0.6 is 0 Å². The van der Waals surface area contributed by atoms with E-state index in [-0.39, 0.29) is 35.7 Å². The SMILES string of the molecule is CCOC(=O)c1ccc(NC(=O)[C@@H]2[C@H](C3CCCCC3)CCN2C(=O)[C@H]2CC[C@H](C(N)CC)CC2)cc1. The van der Waals surface area contributed by atoms with Gasteiger partial charge in [-0.05, 0) is 87.5 Å². The monoisotopic (exact) mass is 511 g/mol. The van der Waals surface area contributed by atoms with Crippen molar-refractivity contribution in [2.45, 2.75) is 96.6 Å². The number of carbonyl (C=O) groups is 3. The fourth-order valence-corrected chi connectivity index (χ4v) is 6.94. The first-order valence-corrected chi connectivity index (χ1v) is 14.6. The van der Waals surface area contributed by atoms with Crippen molar-refractivity contribution < 1.29 is 19.1 Å². The number of amides is 2. The predicted molar refractivity (Wildman–Crippen MR) is 145 cm³/mol. The fourth-order valence-electron chi connectivity index (χ4n) is 6.94. The van der Waals surface area contributed by atoms with E-state index >= 15 is 0 Å². The number of nitrogens with one attached hydrogen (secondary N) is 1. The van der Waals surface area contributed by atoms with Crippen LogP contribution < -0.4 is 11.1 Å². The smallest absolute Gasteiger partial charge is 0.338 e. The van der Waals surface area contributed by atoms with E-state index in [4.69, 9.17) is 10.5 Å². The molecule has 1 unspecified atom stereocenters. The van der Waals surface area contributed by atoms with Crippen molar-refractivity contribution in [1.82, 2.24) is 4.90 Å². The van der Waals surface area contributed by atoms with E-state index in [0.29, 0.717) is 36.2 Å². The summed E-state index contributed by atoms with van der Waals surface area (Å²) in [7, 11) is 0. The molecule has 2 amide bonds. The minimum Gasteiger partial charge on any atom is -0.462 e. The van der Waals surface area contributed by atoms with Crippen LogP contribution in [0, 0.1) is 23.7 Å². The molecule has 0 aromatic heterocycles. The highest BCUT2D eigenvalue weighted by molar-refractivity contribution is 5.98. The van der Waals surface area contributed by atoms with E-state index in [1.54, 1.807) is 31.2 Å². The molecule has 1 aliphatic heterocycles. The van der Waals surface area contributed by atoms with E-state index in [2.05, 4.69) is 12.2 Å². The molecule has 4 rings (SSSR count). The van der Waals surface area contributed by atoms with Gasteiger partial charge in [-0.15, -0.1) is 0 Å². The lowest BCUT2D eigenvalue weighted by molar-refractivity contribution is -0.142. The Morgan fingerprint density at radius 1 is 0.973 bits per heavy atom. The number of anilines is 1. The van der Waals surface area contributed by atoms with E-state index in [1.807, 2.05) is 4.90 Å². The quantitative estimate of drug-likeness (QED) is 0.471. The van der Waals surface area contributed by atoms with Crippen LogP contribution in [0.4, 0.5) is 5.69 Å². The van der Waals surface area contributed by atoms with Crippen molar-refractivity contribution in [2.75, 3.05) is 18.5 Å². The zero-order valence-corrected chi connectivity index (χ0v) is 22.6. The molecule has 2 saturated carbocycles. The summed E-state index contributed by atoms with van der Waals surface area (Å²) in [5, 5.41) is 3.07. The van der Waals surface area contributed by atoms with Gasteiger partial charge in [0.1, 0.15) is 6.04 Å². The molecule has 3 atom stereocenters. The number of esters is 1. The van der Waals surface area contributed by atoms with Crippen molar-refractivity contribution in [1.29, 1.82) is 0 Å². The van der Waals surface area contributed by atoms with Crippen LogP contribution in [-0.4, -0.2) is 47.9 Å². The molecule has 204 valence electrons. The topological polar surface area (TPSA) is 102 Å². The molecule has 1 heterocycles. The van der Waals surface area contributed by atoms with Crippen molar-refractivity contribution in [3.8, 4) is 0 Å². The Bertz CT molecular complexity index is 919. The van der Waals surface area contributed by atoms with Crippen LogP contribution in [0.2, 0.25) is 0 Å². The first kappa shape index (κ1) is 27.6. The van der Waals surface area contributed by atoms with Crippen molar-refractivity contribution >= 4 is 23.5 Å². The summed E-state index contributed by atoms with van der Waals surface area (Å²) >= 11 is 0. The summed E-state index contributed by atoms with van der Waals surface area (Å²) in [6.45, 7) is 4.88. The summed E-state index contributed by atoms with van der Waals surface area (Å²) in [5.74, 6) is 0.857. The van der Waals surface area contributed by atoms with Crippen molar-refractivity contribution in [3.63, 3.8) is 0 Å². The number of benzene rings is 1. The minimum absolute atomic E-state index is 0.00965. The van der Waals surface area contributed by atoms with E-state index in [0.717, 1.165) is 51.4 Å². The Balaban J connectivity index is 1.47. The van der Waals surface area contributed by atoms with E-state index < -0.39 is 6.04 Å². The summed E-state index contributed by atoms with van der Waals surface area (Å²) in [6.07, 6.45) is 11.6. The maximum absolute atomic E-state index is 13.8. The molecule has 3 aliphatic rings. The highest BCUT2D eigenvalue weighted by Gasteiger charge is 2.46. The van der Waals surface area contributed by atoms with Crippen LogP contribution in [0.25, 0.3) is 0 Å². The second-order valence-electron chi connectivity index (χ2n) is 11.3. The number of ether oxygens (including phenoxy) is 1. The molecular weight excluding hydrogens is 466 g/mol. The minimum atomic E-state index is -0.434. The lowest BCUT2D eigenvalue weighted by Crippen LogP contribution is -2.50. The molecule has 7 heteroatoms. The maximum atomic E-state index is 13.8. The first-order valence-electron chi connectivity index (χ1n) is 14.6. The Morgan fingerprint density at radius 3 is 2.27 bits per heavy atom. The number of hydrogen-bond acceptors (Lipinski definition) is 5. The number of rotatable bonds is 8. The number of nitrogens with two attached hydrogens (primary N) is 1. The van der Waals surface area contributed by atoms with Gasteiger partial charge in [0.15, 0.2) is 0 Å². The fraction of sp³-hybridized carbons (Fsp3) is 0.700. The number of nitrogens with zero attached hydrogens (tertiary/aromatic N) is 1. The van der Waals surface area contributed by atoms with Gasteiger partial charge in [0.05, 0.1) is 12.2 Å². The molecule has 0 bridgehead atoms. The first-order chi connectivity index (χ1) is 17.9. The van der Waals surface area contributed by atoms with Crippen molar-refractivity contribution in [3.05, 3.63) is 29.8 Å². The Labute approximate surface area is 221 Å². The van der Waals surface area contributed by atoms with Crippen molar-refractivity contribution in [2.24, 2.45) is 29.4 Å². The largest absolute Gasteiger partial charge is 0.462 e.